The molecule has 28 heavy (non-hydrogen) atoms. The molecule has 2 aliphatic rings. The van der Waals surface area contributed by atoms with Crippen molar-refractivity contribution in [3.8, 4) is 5.75 Å². The van der Waals surface area contributed by atoms with E-state index in [1.807, 2.05) is 6.07 Å². The third kappa shape index (κ3) is 4.92. The normalized spacial score (nSPS) is 24.7. The van der Waals surface area contributed by atoms with Gasteiger partial charge >= 0.3 is 0 Å². The molecule has 2 aromatic rings. The lowest BCUT2D eigenvalue weighted by atomic mass is 9.88. The molecule has 0 amide bonds. The SMILES string of the molecule is Clc1ccc(OCCC2CC3CCC(C2)N3CC=Cc2ccccc2)cc1Cl. The fourth-order valence-electron chi connectivity index (χ4n) is 4.71. The number of piperidine rings is 1. The molecular weight excluding hydrogens is 389 g/mol. The van der Waals surface area contributed by atoms with Crippen molar-refractivity contribution in [1.29, 1.82) is 0 Å². The van der Waals surface area contributed by atoms with Crippen molar-refractivity contribution >= 4 is 29.3 Å². The first-order valence-corrected chi connectivity index (χ1v) is 11.0. The third-order valence-electron chi connectivity index (χ3n) is 6.09. The van der Waals surface area contributed by atoms with E-state index >= 15 is 0 Å². The summed E-state index contributed by atoms with van der Waals surface area (Å²) in [6, 6.07) is 17.5. The Morgan fingerprint density at radius 3 is 2.43 bits per heavy atom. The van der Waals surface area contributed by atoms with Crippen molar-refractivity contribution in [3.05, 3.63) is 70.2 Å². The van der Waals surface area contributed by atoms with Crippen LogP contribution < -0.4 is 4.74 Å². The van der Waals surface area contributed by atoms with Crippen molar-refractivity contribution in [1.82, 2.24) is 4.90 Å². The van der Waals surface area contributed by atoms with Crippen LogP contribution in [-0.2, 0) is 0 Å². The predicted molar refractivity (Wildman–Crippen MR) is 118 cm³/mol. The number of hydrogen-bond donors (Lipinski definition) is 0. The summed E-state index contributed by atoms with van der Waals surface area (Å²) in [7, 11) is 0. The summed E-state index contributed by atoms with van der Waals surface area (Å²) in [4.78, 5) is 2.72. The second-order valence-corrected chi connectivity index (χ2v) is 8.76. The Kier molecular flexibility index (Phi) is 6.61. The van der Waals surface area contributed by atoms with Gasteiger partial charge in [0.2, 0.25) is 0 Å². The van der Waals surface area contributed by atoms with Crippen LogP contribution in [0.3, 0.4) is 0 Å². The van der Waals surface area contributed by atoms with E-state index in [2.05, 4.69) is 47.4 Å². The zero-order valence-electron chi connectivity index (χ0n) is 16.1. The Balaban J connectivity index is 1.24. The molecule has 0 saturated carbocycles. The highest BCUT2D eigenvalue weighted by molar-refractivity contribution is 6.42. The standard InChI is InChI=1S/C24H27Cl2NO/c25-23-11-10-22(17-24(23)26)28-14-12-19-15-20-8-9-21(16-19)27(20)13-4-7-18-5-2-1-3-6-18/h1-7,10-11,17,19-21H,8-9,12-16H2. The smallest absolute Gasteiger partial charge is 0.120 e. The third-order valence-corrected chi connectivity index (χ3v) is 6.83. The Hall–Kier alpha value is -1.48. The van der Waals surface area contributed by atoms with Gasteiger partial charge in [0, 0.05) is 24.7 Å². The first-order chi connectivity index (χ1) is 13.7. The minimum atomic E-state index is 0.550. The number of rotatable bonds is 7. The van der Waals surface area contributed by atoms with Crippen molar-refractivity contribution in [2.75, 3.05) is 13.2 Å². The van der Waals surface area contributed by atoms with Crippen LogP contribution in [0.2, 0.25) is 10.0 Å². The second-order valence-electron chi connectivity index (χ2n) is 7.95. The van der Waals surface area contributed by atoms with Crippen LogP contribution >= 0.6 is 23.2 Å². The van der Waals surface area contributed by atoms with Gasteiger partial charge in [0.1, 0.15) is 5.75 Å². The first kappa shape index (κ1) is 19.8. The van der Waals surface area contributed by atoms with Crippen LogP contribution in [0.15, 0.2) is 54.6 Å². The molecule has 2 saturated heterocycles. The van der Waals surface area contributed by atoms with Crippen LogP contribution in [0.1, 0.15) is 37.7 Å². The van der Waals surface area contributed by atoms with E-state index in [1.165, 1.54) is 31.2 Å². The van der Waals surface area contributed by atoms with E-state index in [0.717, 1.165) is 43.3 Å². The van der Waals surface area contributed by atoms with Gasteiger partial charge in [-0.15, -0.1) is 0 Å². The fourth-order valence-corrected chi connectivity index (χ4v) is 4.99. The molecule has 0 spiro atoms. The van der Waals surface area contributed by atoms with Gasteiger partial charge in [0.15, 0.2) is 0 Å². The molecule has 2 unspecified atom stereocenters. The fraction of sp³-hybridized carbons (Fsp3) is 0.417. The van der Waals surface area contributed by atoms with E-state index in [1.54, 1.807) is 12.1 Å². The van der Waals surface area contributed by atoms with Crippen LogP contribution in [-0.4, -0.2) is 30.1 Å². The summed E-state index contributed by atoms with van der Waals surface area (Å²) in [6.45, 7) is 1.81. The number of ether oxygens (including phenoxy) is 1. The highest BCUT2D eigenvalue weighted by Gasteiger charge is 2.39. The van der Waals surface area contributed by atoms with Crippen LogP contribution in [0.5, 0.6) is 5.75 Å². The molecule has 0 aromatic heterocycles. The predicted octanol–water partition coefficient (Wildman–Crippen LogP) is 6.72. The lowest BCUT2D eigenvalue weighted by Crippen LogP contribution is -2.43. The molecule has 4 rings (SSSR count). The Labute approximate surface area is 178 Å². The maximum Gasteiger partial charge on any atom is 0.120 e. The molecule has 2 atom stereocenters. The van der Waals surface area contributed by atoms with Gasteiger partial charge in [-0.05, 0) is 55.7 Å². The Bertz CT molecular complexity index is 794. The zero-order chi connectivity index (χ0) is 19.3. The lowest BCUT2D eigenvalue weighted by Gasteiger charge is -2.38. The van der Waals surface area contributed by atoms with Crippen molar-refractivity contribution in [2.24, 2.45) is 5.92 Å². The van der Waals surface area contributed by atoms with Crippen molar-refractivity contribution < 1.29 is 4.74 Å². The first-order valence-electron chi connectivity index (χ1n) is 10.2. The molecule has 2 aliphatic heterocycles. The summed E-state index contributed by atoms with van der Waals surface area (Å²) < 4.78 is 5.91. The van der Waals surface area contributed by atoms with E-state index in [-0.39, 0.29) is 0 Å². The minimum absolute atomic E-state index is 0.550. The van der Waals surface area contributed by atoms with Crippen molar-refractivity contribution in [2.45, 2.75) is 44.2 Å². The van der Waals surface area contributed by atoms with Gasteiger partial charge in [0.05, 0.1) is 16.7 Å². The van der Waals surface area contributed by atoms with E-state index < -0.39 is 0 Å². The van der Waals surface area contributed by atoms with Crippen LogP contribution in [0.4, 0.5) is 0 Å². The van der Waals surface area contributed by atoms with E-state index in [4.69, 9.17) is 27.9 Å². The lowest BCUT2D eigenvalue weighted by molar-refractivity contribution is 0.105. The highest BCUT2D eigenvalue weighted by atomic mass is 35.5. The van der Waals surface area contributed by atoms with E-state index in [0.29, 0.717) is 10.0 Å². The molecule has 148 valence electrons. The molecule has 2 fully saturated rings. The molecule has 2 nitrogen and oxygen atoms in total. The molecule has 2 heterocycles. The number of fused-ring (bicyclic) bond motifs is 2. The quantitative estimate of drug-likeness (QED) is 0.497. The van der Waals surface area contributed by atoms with Crippen molar-refractivity contribution in [3.63, 3.8) is 0 Å². The molecule has 2 aromatic carbocycles. The van der Waals surface area contributed by atoms with Gasteiger partial charge in [-0.25, -0.2) is 0 Å². The number of benzene rings is 2. The molecule has 0 N–H and O–H groups in total. The Morgan fingerprint density at radius 2 is 1.71 bits per heavy atom. The summed E-state index contributed by atoms with van der Waals surface area (Å²) in [5, 5.41) is 1.12. The average Bonchev–Trinajstić information content (AvgIpc) is 2.94. The van der Waals surface area contributed by atoms with Crippen LogP contribution in [0, 0.1) is 5.92 Å². The maximum atomic E-state index is 6.06. The largest absolute Gasteiger partial charge is 0.494 e. The van der Waals surface area contributed by atoms with Gasteiger partial charge in [0.25, 0.3) is 0 Å². The molecule has 0 radical (unpaired) electrons. The monoisotopic (exact) mass is 415 g/mol. The number of hydrogen-bond acceptors (Lipinski definition) is 2. The highest BCUT2D eigenvalue weighted by Crippen LogP contribution is 2.39. The zero-order valence-corrected chi connectivity index (χ0v) is 17.6. The Morgan fingerprint density at radius 1 is 0.964 bits per heavy atom. The number of nitrogens with zero attached hydrogens (tertiary/aromatic N) is 1. The van der Waals surface area contributed by atoms with Gasteiger partial charge < -0.3 is 4.74 Å². The molecule has 2 bridgehead atoms. The molecule has 4 heteroatoms. The summed E-state index contributed by atoms with van der Waals surface area (Å²) in [5.74, 6) is 1.57. The minimum Gasteiger partial charge on any atom is -0.494 e. The summed E-state index contributed by atoms with van der Waals surface area (Å²) in [6.07, 6.45) is 11.0. The van der Waals surface area contributed by atoms with E-state index in [9.17, 15) is 0 Å². The summed E-state index contributed by atoms with van der Waals surface area (Å²) in [5.41, 5.74) is 1.28. The van der Waals surface area contributed by atoms with Gasteiger partial charge in [-0.1, -0.05) is 65.7 Å². The topological polar surface area (TPSA) is 12.5 Å². The average molecular weight is 416 g/mol. The second kappa shape index (κ2) is 9.35. The van der Waals surface area contributed by atoms with Gasteiger partial charge in [-0.3, -0.25) is 4.90 Å². The molecular formula is C24H27Cl2NO. The number of halogens is 2. The van der Waals surface area contributed by atoms with Crippen LogP contribution in [0.25, 0.3) is 6.08 Å². The summed E-state index contributed by atoms with van der Waals surface area (Å²) >= 11 is 12.0. The molecule has 0 aliphatic carbocycles. The maximum absolute atomic E-state index is 6.06. The van der Waals surface area contributed by atoms with Gasteiger partial charge in [-0.2, -0.15) is 0 Å².